The Morgan fingerprint density at radius 2 is 2.04 bits per heavy atom. The van der Waals surface area contributed by atoms with Crippen LogP contribution in [0.2, 0.25) is 0 Å². The van der Waals surface area contributed by atoms with E-state index in [0.717, 1.165) is 6.07 Å². The van der Waals surface area contributed by atoms with Gasteiger partial charge in [-0.2, -0.15) is 0 Å². The second-order valence-electron chi connectivity index (χ2n) is 5.69. The monoisotopic (exact) mass is 343 g/mol. The van der Waals surface area contributed by atoms with Gasteiger partial charge in [0.1, 0.15) is 11.4 Å². The van der Waals surface area contributed by atoms with E-state index in [1.54, 1.807) is 13.8 Å². The van der Waals surface area contributed by atoms with E-state index in [0.29, 0.717) is 10.5 Å². The summed E-state index contributed by atoms with van der Waals surface area (Å²) in [5.41, 5.74) is 0.608. The van der Waals surface area contributed by atoms with Crippen molar-refractivity contribution in [2.45, 2.75) is 13.8 Å². The summed E-state index contributed by atoms with van der Waals surface area (Å²) in [6.07, 6.45) is 5.27. The molecule has 0 spiro atoms. The van der Waals surface area contributed by atoms with Gasteiger partial charge in [0.25, 0.3) is 11.8 Å². The highest BCUT2D eigenvalue weighted by Gasteiger charge is 2.38. The molecule has 2 aliphatic heterocycles. The molecule has 128 valence electrons. The largest absolute Gasteiger partial charge is 0.481 e. The number of amides is 4. The van der Waals surface area contributed by atoms with Crippen molar-refractivity contribution in [2.75, 3.05) is 23.0 Å². The van der Waals surface area contributed by atoms with Gasteiger partial charge in [0.2, 0.25) is 0 Å². The average Bonchev–Trinajstić information content (AvgIpc) is 2.85. The minimum atomic E-state index is -0.827. The number of nitrogens with one attached hydrogen (secondary N) is 1. The van der Waals surface area contributed by atoms with Gasteiger partial charge in [-0.1, -0.05) is 5.92 Å². The molecule has 1 saturated heterocycles. The van der Waals surface area contributed by atoms with E-state index >= 15 is 0 Å². The number of terminal acetylenes is 1. The lowest BCUT2D eigenvalue weighted by Crippen LogP contribution is -2.39. The molecule has 0 bridgehead atoms. The van der Waals surface area contributed by atoms with Crippen LogP contribution in [-0.4, -0.2) is 31.0 Å². The smallest absolute Gasteiger partial charge is 0.333 e. The second-order valence-corrected chi connectivity index (χ2v) is 5.69. The van der Waals surface area contributed by atoms with E-state index in [1.807, 2.05) is 0 Å². The first-order valence-electron chi connectivity index (χ1n) is 7.38. The molecular formula is C17H14FN3O4. The summed E-state index contributed by atoms with van der Waals surface area (Å²) >= 11 is 0. The summed E-state index contributed by atoms with van der Waals surface area (Å²) in [6.45, 7) is 3.00. The highest BCUT2D eigenvalue weighted by atomic mass is 19.1. The Kier molecular flexibility index (Phi) is 3.93. The van der Waals surface area contributed by atoms with Gasteiger partial charge in [0, 0.05) is 6.07 Å². The Morgan fingerprint density at radius 3 is 2.64 bits per heavy atom. The summed E-state index contributed by atoms with van der Waals surface area (Å²) in [5.74, 6) is 0.561. The molecule has 1 N–H and O–H groups in total. The van der Waals surface area contributed by atoms with Gasteiger partial charge in [-0.3, -0.25) is 14.5 Å². The Hall–Kier alpha value is -3.34. The molecule has 8 heteroatoms. The highest BCUT2D eigenvalue weighted by Crippen LogP contribution is 2.38. The van der Waals surface area contributed by atoms with Crippen molar-refractivity contribution in [1.82, 2.24) is 5.32 Å². The number of imide groups is 1. The van der Waals surface area contributed by atoms with Gasteiger partial charge in [0.15, 0.2) is 12.4 Å². The van der Waals surface area contributed by atoms with Crippen molar-refractivity contribution >= 4 is 29.2 Å². The maximum absolute atomic E-state index is 14.5. The van der Waals surface area contributed by atoms with Gasteiger partial charge in [-0.25, -0.2) is 14.1 Å². The topological polar surface area (TPSA) is 79.0 Å². The molecule has 0 radical (unpaired) electrons. The Labute approximate surface area is 143 Å². The predicted octanol–water partition coefficient (Wildman–Crippen LogP) is 1.53. The van der Waals surface area contributed by atoms with E-state index < -0.39 is 23.7 Å². The number of benzene rings is 1. The predicted molar refractivity (Wildman–Crippen MR) is 87.5 cm³/mol. The fraction of sp³-hybridized carbons (Fsp3) is 0.235. The molecular weight excluding hydrogens is 329 g/mol. The number of anilines is 2. The summed E-state index contributed by atoms with van der Waals surface area (Å²) in [5, 5.41) is 2.41. The van der Waals surface area contributed by atoms with Crippen LogP contribution in [0.5, 0.6) is 5.75 Å². The first-order chi connectivity index (χ1) is 11.8. The number of carbonyl (C=O) groups is 3. The van der Waals surface area contributed by atoms with Crippen LogP contribution in [0.1, 0.15) is 13.8 Å². The van der Waals surface area contributed by atoms with E-state index in [9.17, 15) is 18.8 Å². The number of hydrogen-bond donors (Lipinski definition) is 1. The molecule has 2 aliphatic rings. The molecule has 0 atom stereocenters. The zero-order valence-electron chi connectivity index (χ0n) is 13.6. The first kappa shape index (κ1) is 16.5. The van der Waals surface area contributed by atoms with Gasteiger partial charge >= 0.3 is 6.03 Å². The summed E-state index contributed by atoms with van der Waals surface area (Å²) in [4.78, 5) is 38.5. The van der Waals surface area contributed by atoms with Crippen LogP contribution < -0.4 is 19.9 Å². The lowest BCUT2D eigenvalue weighted by Gasteiger charge is -2.29. The van der Waals surface area contributed by atoms with E-state index in [-0.39, 0.29) is 36.0 Å². The molecule has 4 amide bonds. The minimum Gasteiger partial charge on any atom is -0.481 e. The second kappa shape index (κ2) is 5.94. The van der Waals surface area contributed by atoms with Gasteiger partial charge < -0.3 is 10.1 Å². The van der Waals surface area contributed by atoms with E-state index in [4.69, 9.17) is 11.2 Å². The van der Waals surface area contributed by atoms with Gasteiger partial charge in [0.05, 0.1) is 17.9 Å². The molecule has 25 heavy (non-hydrogen) atoms. The van der Waals surface area contributed by atoms with Crippen molar-refractivity contribution < 1.29 is 23.5 Å². The number of fused-ring (bicyclic) bond motifs is 1. The fourth-order valence-corrected chi connectivity index (χ4v) is 2.62. The van der Waals surface area contributed by atoms with Crippen molar-refractivity contribution in [3.63, 3.8) is 0 Å². The Balaban J connectivity index is 2.12. The minimum absolute atomic E-state index is 0.0420. The molecule has 0 unspecified atom stereocenters. The maximum Gasteiger partial charge on any atom is 0.333 e. The van der Waals surface area contributed by atoms with E-state index in [1.165, 1.54) is 11.0 Å². The molecule has 0 aliphatic carbocycles. The normalized spacial score (nSPS) is 16.4. The molecule has 1 aromatic carbocycles. The van der Waals surface area contributed by atoms with Crippen LogP contribution in [0.15, 0.2) is 23.4 Å². The maximum atomic E-state index is 14.5. The van der Waals surface area contributed by atoms with Crippen LogP contribution >= 0.6 is 0 Å². The highest BCUT2D eigenvalue weighted by molar-refractivity contribution is 6.27. The summed E-state index contributed by atoms with van der Waals surface area (Å²) in [7, 11) is 0. The van der Waals surface area contributed by atoms with Crippen molar-refractivity contribution in [1.29, 1.82) is 0 Å². The van der Waals surface area contributed by atoms with Crippen molar-refractivity contribution in [3.8, 4) is 18.1 Å². The van der Waals surface area contributed by atoms with E-state index in [2.05, 4.69) is 11.2 Å². The first-order valence-corrected chi connectivity index (χ1v) is 7.38. The average molecular weight is 343 g/mol. The van der Waals surface area contributed by atoms with Gasteiger partial charge in [-0.15, -0.1) is 6.42 Å². The summed E-state index contributed by atoms with van der Waals surface area (Å²) in [6, 6.07) is 1.47. The van der Waals surface area contributed by atoms with Crippen LogP contribution in [0.25, 0.3) is 0 Å². The zero-order chi connectivity index (χ0) is 18.3. The molecule has 3 rings (SSSR count). The number of ether oxygens (including phenoxy) is 1. The molecule has 0 saturated carbocycles. The third-order valence-corrected chi connectivity index (χ3v) is 3.81. The quantitative estimate of drug-likeness (QED) is 0.502. The molecule has 2 heterocycles. The molecule has 7 nitrogen and oxygen atoms in total. The Bertz CT molecular complexity index is 881. The lowest BCUT2D eigenvalue weighted by atomic mass is 10.1. The van der Waals surface area contributed by atoms with Gasteiger partial charge in [-0.05, 0) is 25.5 Å². The SMILES string of the molecule is C#CCN1C(=O)COc2cc(F)c(N3C(=O)NC(=C(C)C)C3=O)cc21. The Morgan fingerprint density at radius 1 is 1.32 bits per heavy atom. The van der Waals surface area contributed by atoms with Crippen molar-refractivity contribution in [2.24, 2.45) is 0 Å². The molecule has 1 fully saturated rings. The number of urea groups is 1. The molecule has 1 aromatic rings. The number of hydrogen-bond acceptors (Lipinski definition) is 4. The lowest BCUT2D eigenvalue weighted by molar-refractivity contribution is -0.121. The number of rotatable bonds is 2. The third kappa shape index (κ3) is 2.59. The number of halogens is 1. The van der Waals surface area contributed by atoms with Crippen LogP contribution in [0, 0.1) is 18.2 Å². The van der Waals surface area contributed by atoms with Crippen LogP contribution in [-0.2, 0) is 9.59 Å². The van der Waals surface area contributed by atoms with Crippen molar-refractivity contribution in [3.05, 3.63) is 29.2 Å². The molecule has 0 aromatic heterocycles. The number of carbonyl (C=O) groups excluding carboxylic acids is 3. The zero-order valence-corrected chi connectivity index (χ0v) is 13.6. The fourth-order valence-electron chi connectivity index (χ4n) is 2.62. The number of nitrogens with zero attached hydrogens (tertiary/aromatic N) is 2. The third-order valence-electron chi connectivity index (χ3n) is 3.81. The number of allylic oxidation sites excluding steroid dienone is 1. The standard InChI is InChI=1S/C17H14FN3O4/c1-4-5-20-12-7-11(10(18)6-13(12)25-8-14(20)22)21-16(23)15(9(2)3)19-17(21)24/h1,6-7H,5,8H2,2-3H3,(H,19,24). The van der Waals surface area contributed by atoms with Crippen LogP contribution in [0.4, 0.5) is 20.6 Å². The summed E-state index contributed by atoms with van der Waals surface area (Å²) < 4.78 is 19.7. The van der Waals surface area contributed by atoms with Crippen LogP contribution in [0.3, 0.4) is 0 Å².